The molecule has 74 valence electrons. The Bertz CT molecular complexity index is 368. The van der Waals surface area contributed by atoms with E-state index in [2.05, 4.69) is 5.32 Å². The van der Waals surface area contributed by atoms with Crippen molar-refractivity contribution in [1.29, 1.82) is 0 Å². The molecule has 0 bridgehead atoms. The lowest BCUT2D eigenvalue weighted by atomic mass is 10.3. The molecule has 0 aliphatic carbocycles. The van der Waals surface area contributed by atoms with Gasteiger partial charge in [0.1, 0.15) is 0 Å². The molecule has 0 unspecified atom stereocenters. The molecule has 1 rings (SSSR count). The van der Waals surface area contributed by atoms with Crippen LogP contribution in [0.15, 0.2) is 36.0 Å². The van der Waals surface area contributed by atoms with Gasteiger partial charge in [-0.25, -0.2) is 0 Å². The summed E-state index contributed by atoms with van der Waals surface area (Å²) in [5, 5.41) is 13.4. The zero-order valence-electron chi connectivity index (χ0n) is 8.15. The molecule has 0 amide bonds. The Hall–Kier alpha value is -1.84. The molecule has 0 saturated carbocycles. The molecule has 0 heterocycles. The molecule has 1 aromatic rings. The molecular formula is C10H12N2O2. The van der Waals surface area contributed by atoms with Crippen LogP contribution in [0.1, 0.15) is 13.8 Å². The Morgan fingerprint density at radius 2 is 2.21 bits per heavy atom. The number of allylic oxidation sites excluding steroid dienone is 1. The van der Waals surface area contributed by atoms with Gasteiger partial charge in [0.15, 0.2) is 0 Å². The largest absolute Gasteiger partial charge is 0.362 e. The summed E-state index contributed by atoms with van der Waals surface area (Å²) >= 11 is 0. The Morgan fingerprint density at radius 1 is 1.50 bits per heavy atom. The molecule has 0 fully saturated rings. The molecule has 0 radical (unpaired) electrons. The predicted octanol–water partition coefficient (Wildman–Crippen LogP) is 2.93. The summed E-state index contributed by atoms with van der Waals surface area (Å²) in [4.78, 5) is 10.0. The maximum Gasteiger partial charge on any atom is 0.271 e. The van der Waals surface area contributed by atoms with Crippen LogP contribution < -0.4 is 5.32 Å². The summed E-state index contributed by atoms with van der Waals surface area (Å²) in [5.41, 5.74) is 1.93. The maximum atomic E-state index is 10.5. The summed E-state index contributed by atoms with van der Waals surface area (Å²) < 4.78 is 0. The van der Waals surface area contributed by atoms with Crippen molar-refractivity contribution in [2.24, 2.45) is 0 Å². The molecule has 0 aromatic heterocycles. The molecule has 4 heteroatoms. The van der Waals surface area contributed by atoms with E-state index in [0.717, 1.165) is 11.3 Å². The average Bonchev–Trinajstić information content (AvgIpc) is 2.15. The van der Waals surface area contributed by atoms with Crippen molar-refractivity contribution in [2.75, 3.05) is 5.32 Å². The number of nitro groups is 1. The summed E-state index contributed by atoms with van der Waals surface area (Å²) in [6, 6.07) is 6.40. The monoisotopic (exact) mass is 192 g/mol. The van der Waals surface area contributed by atoms with Gasteiger partial charge in [-0.05, 0) is 26.1 Å². The lowest BCUT2D eigenvalue weighted by Crippen LogP contribution is -1.91. The van der Waals surface area contributed by atoms with Gasteiger partial charge >= 0.3 is 0 Å². The number of rotatable bonds is 3. The van der Waals surface area contributed by atoms with Crippen molar-refractivity contribution < 1.29 is 4.92 Å². The average molecular weight is 192 g/mol. The van der Waals surface area contributed by atoms with Gasteiger partial charge < -0.3 is 5.32 Å². The lowest BCUT2D eigenvalue weighted by molar-refractivity contribution is -0.384. The number of nitro benzene ring substituents is 1. The van der Waals surface area contributed by atoms with Crippen LogP contribution in [-0.2, 0) is 0 Å². The highest BCUT2D eigenvalue weighted by Gasteiger charge is 2.03. The molecule has 0 aliphatic rings. The second kappa shape index (κ2) is 4.41. The van der Waals surface area contributed by atoms with Gasteiger partial charge in [0.2, 0.25) is 0 Å². The second-order valence-corrected chi connectivity index (χ2v) is 3.17. The standard InChI is InChI=1S/C10H12N2O2/c1-8(2)7-11-9-4-3-5-10(6-9)12(13)14/h3-7,11H,1-2H3. The Labute approximate surface area is 82.4 Å². The quantitative estimate of drug-likeness (QED) is 0.591. The van der Waals surface area contributed by atoms with Crippen molar-refractivity contribution in [3.05, 3.63) is 46.2 Å². The highest BCUT2D eigenvalue weighted by molar-refractivity contribution is 5.52. The summed E-state index contributed by atoms with van der Waals surface area (Å²) in [6.07, 6.45) is 1.80. The zero-order valence-corrected chi connectivity index (χ0v) is 8.15. The lowest BCUT2D eigenvalue weighted by Gasteiger charge is -2.00. The van der Waals surface area contributed by atoms with Crippen molar-refractivity contribution in [3.63, 3.8) is 0 Å². The van der Waals surface area contributed by atoms with Crippen molar-refractivity contribution in [3.8, 4) is 0 Å². The minimum absolute atomic E-state index is 0.0946. The van der Waals surface area contributed by atoms with E-state index in [1.165, 1.54) is 12.1 Å². The summed E-state index contributed by atoms with van der Waals surface area (Å²) in [5.74, 6) is 0. The van der Waals surface area contributed by atoms with E-state index < -0.39 is 4.92 Å². The van der Waals surface area contributed by atoms with Crippen molar-refractivity contribution in [2.45, 2.75) is 13.8 Å². The molecule has 4 nitrogen and oxygen atoms in total. The van der Waals surface area contributed by atoms with Crippen LogP contribution >= 0.6 is 0 Å². The molecule has 14 heavy (non-hydrogen) atoms. The third kappa shape index (κ3) is 2.90. The van der Waals surface area contributed by atoms with Gasteiger partial charge in [0, 0.05) is 17.8 Å². The van der Waals surface area contributed by atoms with E-state index >= 15 is 0 Å². The molecule has 1 aromatic carbocycles. The summed E-state index contributed by atoms with van der Waals surface area (Å²) in [6.45, 7) is 3.90. The topological polar surface area (TPSA) is 55.2 Å². The van der Waals surface area contributed by atoms with Crippen LogP contribution in [0.4, 0.5) is 11.4 Å². The van der Waals surface area contributed by atoms with Gasteiger partial charge in [-0.2, -0.15) is 0 Å². The minimum atomic E-state index is -0.409. The third-order valence-electron chi connectivity index (χ3n) is 1.58. The van der Waals surface area contributed by atoms with E-state index in [4.69, 9.17) is 0 Å². The predicted molar refractivity (Wildman–Crippen MR) is 56.2 cm³/mol. The van der Waals surface area contributed by atoms with Crippen LogP contribution in [0, 0.1) is 10.1 Å². The fourth-order valence-corrected chi connectivity index (χ4v) is 0.937. The van der Waals surface area contributed by atoms with E-state index in [1.54, 1.807) is 18.3 Å². The second-order valence-electron chi connectivity index (χ2n) is 3.17. The number of hydrogen-bond donors (Lipinski definition) is 1. The van der Waals surface area contributed by atoms with Crippen LogP contribution in [0.2, 0.25) is 0 Å². The summed E-state index contributed by atoms with van der Waals surface area (Å²) in [7, 11) is 0. The molecule has 0 spiro atoms. The van der Waals surface area contributed by atoms with Crippen LogP contribution in [0.5, 0.6) is 0 Å². The van der Waals surface area contributed by atoms with E-state index in [1.807, 2.05) is 13.8 Å². The number of benzene rings is 1. The highest BCUT2D eigenvalue weighted by Crippen LogP contribution is 2.16. The van der Waals surface area contributed by atoms with Gasteiger partial charge in [-0.1, -0.05) is 11.6 Å². The van der Waals surface area contributed by atoms with Crippen molar-refractivity contribution >= 4 is 11.4 Å². The fourth-order valence-electron chi connectivity index (χ4n) is 0.937. The minimum Gasteiger partial charge on any atom is -0.362 e. The van der Waals surface area contributed by atoms with Gasteiger partial charge in [0.25, 0.3) is 5.69 Å². The highest BCUT2D eigenvalue weighted by atomic mass is 16.6. The van der Waals surface area contributed by atoms with E-state index in [0.29, 0.717) is 0 Å². The molecule has 0 aliphatic heterocycles. The number of non-ortho nitro benzene ring substituents is 1. The number of nitrogens with one attached hydrogen (secondary N) is 1. The normalized spacial score (nSPS) is 9.29. The smallest absolute Gasteiger partial charge is 0.271 e. The van der Waals surface area contributed by atoms with Crippen LogP contribution in [0.3, 0.4) is 0 Å². The first kappa shape index (κ1) is 10.2. The molecule has 0 atom stereocenters. The first-order valence-electron chi connectivity index (χ1n) is 4.24. The van der Waals surface area contributed by atoms with Gasteiger partial charge in [0.05, 0.1) is 4.92 Å². The van der Waals surface area contributed by atoms with Crippen LogP contribution in [-0.4, -0.2) is 4.92 Å². The van der Waals surface area contributed by atoms with Crippen LogP contribution in [0.25, 0.3) is 0 Å². The van der Waals surface area contributed by atoms with Crippen molar-refractivity contribution in [1.82, 2.24) is 0 Å². The van der Waals surface area contributed by atoms with E-state index in [9.17, 15) is 10.1 Å². The van der Waals surface area contributed by atoms with Gasteiger partial charge in [-0.15, -0.1) is 0 Å². The Kier molecular flexibility index (Phi) is 3.23. The first-order valence-corrected chi connectivity index (χ1v) is 4.24. The number of nitrogens with zero attached hydrogens (tertiary/aromatic N) is 1. The molecule has 1 N–H and O–H groups in total. The Balaban J connectivity index is 2.84. The fraction of sp³-hybridized carbons (Fsp3) is 0.200. The zero-order chi connectivity index (χ0) is 10.6. The maximum absolute atomic E-state index is 10.5. The molecule has 0 saturated heterocycles. The Morgan fingerprint density at radius 3 is 2.79 bits per heavy atom. The van der Waals surface area contributed by atoms with Gasteiger partial charge in [-0.3, -0.25) is 10.1 Å². The molecular weight excluding hydrogens is 180 g/mol. The first-order chi connectivity index (χ1) is 6.59. The SMILES string of the molecule is CC(C)=CNc1cccc([N+](=O)[O-])c1. The van der Waals surface area contributed by atoms with E-state index in [-0.39, 0.29) is 5.69 Å². The number of anilines is 1. The third-order valence-corrected chi connectivity index (χ3v) is 1.58. The number of hydrogen-bond acceptors (Lipinski definition) is 3.